The standard InChI is InChI=1S/C18H24F2N6/c1-2-21-18-9-15(23-12-24-18)13-3-4-17(22-10-13)25-14-5-7-26(8-6-14)11-16(19)20/h3-4,9-10,12,14,16H,2,5-8,11H2,1H3,(H,22,25)(H,21,23,24). The maximum atomic E-state index is 12.4. The average molecular weight is 362 g/mol. The van der Waals surface area contributed by atoms with Gasteiger partial charge in [-0.3, -0.25) is 4.90 Å². The summed E-state index contributed by atoms with van der Waals surface area (Å²) < 4.78 is 24.9. The number of hydrogen-bond donors (Lipinski definition) is 2. The minimum atomic E-state index is -2.26. The Labute approximate surface area is 152 Å². The van der Waals surface area contributed by atoms with E-state index in [-0.39, 0.29) is 12.6 Å². The van der Waals surface area contributed by atoms with Crippen molar-refractivity contribution < 1.29 is 8.78 Å². The summed E-state index contributed by atoms with van der Waals surface area (Å²) in [6.07, 6.45) is 2.74. The summed E-state index contributed by atoms with van der Waals surface area (Å²) in [5.41, 5.74) is 1.74. The van der Waals surface area contributed by atoms with E-state index in [1.807, 2.05) is 30.0 Å². The van der Waals surface area contributed by atoms with Crippen LogP contribution in [0.25, 0.3) is 11.3 Å². The molecular formula is C18H24F2N6. The summed E-state index contributed by atoms with van der Waals surface area (Å²) in [5, 5.41) is 6.56. The van der Waals surface area contributed by atoms with Gasteiger partial charge in [-0.25, -0.2) is 23.7 Å². The lowest BCUT2D eigenvalue weighted by molar-refractivity contribution is 0.0769. The highest BCUT2D eigenvalue weighted by atomic mass is 19.3. The fraction of sp³-hybridized carbons (Fsp3) is 0.500. The Morgan fingerprint density at radius 2 is 1.96 bits per heavy atom. The van der Waals surface area contributed by atoms with Crippen LogP contribution in [0.5, 0.6) is 0 Å². The molecule has 1 aliphatic rings. The van der Waals surface area contributed by atoms with Crippen molar-refractivity contribution in [3.63, 3.8) is 0 Å². The van der Waals surface area contributed by atoms with E-state index in [0.29, 0.717) is 13.1 Å². The van der Waals surface area contributed by atoms with Gasteiger partial charge in [-0.05, 0) is 31.9 Å². The van der Waals surface area contributed by atoms with Crippen LogP contribution < -0.4 is 10.6 Å². The number of halogens is 2. The van der Waals surface area contributed by atoms with Crippen molar-refractivity contribution in [2.75, 3.05) is 36.8 Å². The van der Waals surface area contributed by atoms with Gasteiger partial charge >= 0.3 is 0 Å². The number of pyridine rings is 1. The minimum absolute atomic E-state index is 0.131. The van der Waals surface area contributed by atoms with E-state index >= 15 is 0 Å². The molecular weight excluding hydrogens is 338 g/mol. The van der Waals surface area contributed by atoms with E-state index in [2.05, 4.69) is 25.6 Å². The van der Waals surface area contributed by atoms with Gasteiger partial charge in [0.1, 0.15) is 18.0 Å². The molecule has 1 fully saturated rings. The number of alkyl halides is 2. The Morgan fingerprint density at radius 3 is 2.62 bits per heavy atom. The topological polar surface area (TPSA) is 66.0 Å². The zero-order valence-electron chi connectivity index (χ0n) is 14.8. The van der Waals surface area contributed by atoms with Crippen molar-refractivity contribution in [2.45, 2.75) is 32.2 Å². The second kappa shape index (κ2) is 8.84. The molecule has 3 rings (SSSR count). The van der Waals surface area contributed by atoms with Gasteiger partial charge in [0.2, 0.25) is 0 Å². The maximum Gasteiger partial charge on any atom is 0.251 e. The zero-order chi connectivity index (χ0) is 18.4. The van der Waals surface area contributed by atoms with Gasteiger partial charge in [-0.15, -0.1) is 0 Å². The molecule has 0 unspecified atom stereocenters. The van der Waals surface area contributed by atoms with Gasteiger partial charge in [0.05, 0.1) is 12.2 Å². The predicted octanol–water partition coefficient (Wildman–Crippen LogP) is 3.11. The number of likely N-dealkylation sites (tertiary alicyclic amines) is 1. The van der Waals surface area contributed by atoms with Gasteiger partial charge in [0.15, 0.2) is 0 Å². The van der Waals surface area contributed by atoms with Gasteiger partial charge in [0, 0.05) is 43.5 Å². The van der Waals surface area contributed by atoms with Crippen molar-refractivity contribution in [1.82, 2.24) is 19.9 Å². The van der Waals surface area contributed by atoms with Crippen LogP contribution in [0, 0.1) is 0 Å². The summed E-state index contributed by atoms with van der Waals surface area (Å²) >= 11 is 0. The number of piperidine rings is 1. The first-order valence-electron chi connectivity index (χ1n) is 8.93. The molecule has 0 bridgehead atoms. The second-order valence-electron chi connectivity index (χ2n) is 6.36. The number of anilines is 2. The largest absolute Gasteiger partial charge is 0.370 e. The van der Waals surface area contributed by atoms with Crippen molar-refractivity contribution >= 4 is 11.6 Å². The van der Waals surface area contributed by atoms with Crippen LogP contribution >= 0.6 is 0 Å². The first-order valence-corrected chi connectivity index (χ1v) is 8.93. The van der Waals surface area contributed by atoms with Gasteiger partial charge < -0.3 is 10.6 Å². The lowest BCUT2D eigenvalue weighted by atomic mass is 10.1. The third-order valence-electron chi connectivity index (χ3n) is 4.42. The fourth-order valence-corrected chi connectivity index (χ4v) is 3.09. The van der Waals surface area contributed by atoms with Crippen LogP contribution in [0.3, 0.4) is 0 Å². The molecule has 0 saturated carbocycles. The van der Waals surface area contributed by atoms with E-state index in [1.54, 1.807) is 6.20 Å². The van der Waals surface area contributed by atoms with Gasteiger partial charge in [-0.1, -0.05) is 0 Å². The van der Waals surface area contributed by atoms with Gasteiger partial charge in [0.25, 0.3) is 6.43 Å². The van der Waals surface area contributed by atoms with E-state index < -0.39 is 6.43 Å². The van der Waals surface area contributed by atoms with Crippen molar-refractivity contribution in [1.29, 1.82) is 0 Å². The number of aromatic nitrogens is 3. The number of hydrogen-bond acceptors (Lipinski definition) is 6. The third kappa shape index (κ3) is 5.08. The molecule has 2 aromatic heterocycles. The Bertz CT molecular complexity index is 686. The lowest BCUT2D eigenvalue weighted by Crippen LogP contribution is -2.41. The van der Waals surface area contributed by atoms with E-state index in [1.165, 1.54) is 6.33 Å². The van der Waals surface area contributed by atoms with E-state index in [9.17, 15) is 8.78 Å². The highest BCUT2D eigenvalue weighted by Gasteiger charge is 2.21. The normalized spacial score (nSPS) is 16.0. The predicted molar refractivity (Wildman–Crippen MR) is 98.5 cm³/mol. The van der Waals surface area contributed by atoms with Crippen LogP contribution in [-0.4, -0.2) is 58.5 Å². The number of rotatable bonds is 7. The van der Waals surface area contributed by atoms with Crippen LogP contribution in [0.1, 0.15) is 19.8 Å². The maximum absolute atomic E-state index is 12.4. The second-order valence-corrected chi connectivity index (χ2v) is 6.36. The Hall–Kier alpha value is -2.35. The number of nitrogens with one attached hydrogen (secondary N) is 2. The van der Waals surface area contributed by atoms with E-state index in [0.717, 1.165) is 42.3 Å². The molecule has 3 heterocycles. The average Bonchev–Trinajstić information content (AvgIpc) is 2.64. The van der Waals surface area contributed by atoms with Gasteiger partial charge in [-0.2, -0.15) is 0 Å². The Kier molecular flexibility index (Phi) is 6.27. The molecule has 0 spiro atoms. The molecule has 2 aromatic rings. The van der Waals surface area contributed by atoms with Crippen LogP contribution in [0.4, 0.5) is 20.4 Å². The molecule has 26 heavy (non-hydrogen) atoms. The van der Waals surface area contributed by atoms with Crippen LogP contribution in [0.2, 0.25) is 0 Å². The minimum Gasteiger partial charge on any atom is -0.370 e. The summed E-state index contributed by atoms with van der Waals surface area (Å²) in [6, 6.07) is 6.06. The highest BCUT2D eigenvalue weighted by molar-refractivity contribution is 5.62. The molecule has 0 aromatic carbocycles. The molecule has 0 atom stereocenters. The SMILES string of the molecule is CCNc1cc(-c2ccc(NC3CCN(CC(F)F)CC3)nc2)ncn1. The Morgan fingerprint density at radius 1 is 1.15 bits per heavy atom. The van der Waals surface area contributed by atoms with Crippen LogP contribution in [0.15, 0.2) is 30.7 Å². The molecule has 0 radical (unpaired) electrons. The lowest BCUT2D eigenvalue weighted by Gasteiger charge is -2.32. The zero-order valence-corrected chi connectivity index (χ0v) is 14.8. The molecule has 2 N–H and O–H groups in total. The summed E-state index contributed by atoms with van der Waals surface area (Å²) in [5.74, 6) is 1.58. The molecule has 8 heteroatoms. The smallest absolute Gasteiger partial charge is 0.251 e. The monoisotopic (exact) mass is 362 g/mol. The van der Waals surface area contributed by atoms with Crippen molar-refractivity contribution in [2.24, 2.45) is 0 Å². The summed E-state index contributed by atoms with van der Waals surface area (Å²) in [7, 11) is 0. The number of nitrogens with zero attached hydrogens (tertiary/aromatic N) is 4. The van der Waals surface area contributed by atoms with E-state index in [4.69, 9.17) is 0 Å². The first kappa shape index (κ1) is 18.4. The quantitative estimate of drug-likeness (QED) is 0.789. The molecule has 6 nitrogen and oxygen atoms in total. The molecule has 0 aliphatic carbocycles. The summed E-state index contributed by atoms with van der Waals surface area (Å²) in [4.78, 5) is 14.7. The third-order valence-corrected chi connectivity index (χ3v) is 4.42. The van der Waals surface area contributed by atoms with Crippen molar-refractivity contribution in [3.05, 3.63) is 30.7 Å². The highest BCUT2D eigenvalue weighted by Crippen LogP contribution is 2.21. The molecule has 0 amide bonds. The Balaban J connectivity index is 1.56. The first-order chi connectivity index (χ1) is 12.6. The van der Waals surface area contributed by atoms with Crippen LogP contribution in [-0.2, 0) is 0 Å². The molecule has 140 valence electrons. The fourth-order valence-electron chi connectivity index (χ4n) is 3.09. The summed E-state index contributed by atoms with van der Waals surface area (Å²) in [6.45, 7) is 4.06. The molecule has 1 saturated heterocycles. The molecule has 1 aliphatic heterocycles. The van der Waals surface area contributed by atoms with Crippen molar-refractivity contribution in [3.8, 4) is 11.3 Å².